The molecule has 134 valence electrons. The lowest BCUT2D eigenvalue weighted by atomic mass is 10.1. The first-order chi connectivity index (χ1) is 11.5. The molecule has 0 bridgehead atoms. The lowest BCUT2D eigenvalue weighted by Gasteiger charge is -2.31. The summed E-state index contributed by atoms with van der Waals surface area (Å²) in [5.74, 6) is 0.255. The second-order valence-electron chi connectivity index (χ2n) is 6.01. The predicted octanol–water partition coefficient (Wildman–Crippen LogP) is 0.619. The zero-order valence-corrected chi connectivity index (χ0v) is 14.4. The van der Waals surface area contributed by atoms with Crippen molar-refractivity contribution in [1.29, 1.82) is 0 Å². The van der Waals surface area contributed by atoms with Crippen molar-refractivity contribution < 1.29 is 23.6 Å². The van der Waals surface area contributed by atoms with Gasteiger partial charge in [0.2, 0.25) is 5.91 Å². The van der Waals surface area contributed by atoms with E-state index in [1.807, 2.05) is 6.92 Å². The maximum Gasteiger partial charge on any atom is 0.273 e. The van der Waals surface area contributed by atoms with Gasteiger partial charge in [-0.3, -0.25) is 9.59 Å². The molecule has 1 aliphatic rings. The molecule has 2 heterocycles. The summed E-state index contributed by atoms with van der Waals surface area (Å²) in [5.41, 5.74) is 0.257. The fourth-order valence-corrected chi connectivity index (χ4v) is 2.38. The van der Waals surface area contributed by atoms with Crippen LogP contribution in [-0.2, 0) is 20.7 Å². The van der Waals surface area contributed by atoms with Crippen LogP contribution in [0.25, 0.3) is 0 Å². The van der Waals surface area contributed by atoms with Crippen LogP contribution in [0.5, 0.6) is 0 Å². The molecule has 0 aromatic carbocycles. The molecule has 1 aromatic heterocycles. The van der Waals surface area contributed by atoms with Crippen molar-refractivity contribution >= 4 is 11.8 Å². The molecule has 1 aromatic rings. The first-order valence-electron chi connectivity index (χ1n) is 8.17. The highest BCUT2D eigenvalue weighted by molar-refractivity contribution is 5.92. The lowest BCUT2D eigenvalue weighted by Crippen LogP contribution is -2.50. The van der Waals surface area contributed by atoms with Crippen molar-refractivity contribution in [1.82, 2.24) is 15.4 Å². The monoisotopic (exact) mass is 339 g/mol. The van der Waals surface area contributed by atoms with E-state index in [0.717, 1.165) is 12.8 Å². The van der Waals surface area contributed by atoms with Crippen molar-refractivity contribution in [2.45, 2.75) is 38.3 Å². The van der Waals surface area contributed by atoms with Crippen LogP contribution in [0.15, 0.2) is 10.6 Å². The van der Waals surface area contributed by atoms with E-state index in [4.69, 9.17) is 14.0 Å². The number of aryl methyl sites for hydroxylation is 1. The van der Waals surface area contributed by atoms with Crippen LogP contribution in [0.2, 0.25) is 0 Å². The molecule has 0 saturated carbocycles. The van der Waals surface area contributed by atoms with Crippen molar-refractivity contribution in [3.63, 3.8) is 0 Å². The third-order valence-electron chi connectivity index (χ3n) is 3.83. The predicted molar refractivity (Wildman–Crippen MR) is 85.6 cm³/mol. The Bertz CT molecular complexity index is 558. The molecule has 0 radical (unpaired) electrons. The number of hydrogen-bond donors (Lipinski definition) is 1. The van der Waals surface area contributed by atoms with E-state index in [1.54, 1.807) is 20.2 Å². The lowest BCUT2D eigenvalue weighted by molar-refractivity contribution is -0.140. The summed E-state index contributed by atoms with van der Waals surface area (Å²) in [6.45, 7) is 2.86. The number of likely N-dealkylation sites (N-methyl/N-ethyl adjacent to an activating group) is 1. The van der Waals surface area contributed by atoms with Crippen LogP contribution < -0.4 is 5.32 Å². The summed E-state index contributed by atoms with van der Waals surface area (Å²) in [4.78, 5) is 25.4. The number of nitrogens with zero attached hydrogens (tertiary/aromatic N) is 2. The van der Waals surface area contributed by atoms with E-state index in [1.165, 1.54) is 4.90 Å². The number of amides is 2. The molecule has 0 unspecified atom stereocenters. The molecular weight excluding hydrogens is 314 g/mol. The Morgan fingerprint density at radius 1 is 1.46 bits per heavy atom. The van der Waals surface area contributed by atoms with Gasteiger partial charge in [-0.15, -0.1) is 0 Å². The standard InChI is InChI=1S/C16H25N3O5/c1-4-5-11-8-13(18-24-11)16(21)17-12-6-7-22-9-14(12)23-10-15(20)19(2)3/h8,12,14H,4-7,9-10H2,1-3H3,(H,17,21)/t12-,14-/m0/s1. The highest BCUT2D eigenvalue weighted by Gasteiger charge is 2.29. The van der Waals surface area contributed by atoms with Crippen LogP contribution in [0.4, 0.5) is 0 Å². The third-order valence-corrected chi connectivity index (χ3v) is 3.83. The highest BCUT2D eigenvalue weighted by atomic mass is 16.5. The van der Waals surface area contributed by atoms with Gasteiger partial charge in [-0.2, -0.15) is 0 Å². The summed E-state index contributed by atoms with van der Waals surface area (Å²) in [6, 6.07) is 1.43. The largest absolute Gasteiger partial charge is 0.379 e. The molecule has 2 rings (SSSR count). The van der Waals surface area contributed by atoms with Crippen molar-refractivity contribution in [2.24, 2.45) is 0 Å². The minimum absolute atomic E-state index is 0.0436. The number of nitrogens with one attached hydrogen (secondary N) is 1. The Labute approximate surface area is 141 Å². The van der Waals surface area contributed by atoms with Crippen LogP contribution in [0.1, 0.15) is 36.0 Å². The van der Waals surface area contributed by atoms with Gasteiger partial charge in [-0.1, -0.05) is 12.1 Å². The Morgan fingerprint density at radius 3 is 2.96 bits per heavy atom. The smallest absolute Gasteiger partial charge is 0.273 e. The van der Waals surface area contributed by atoms with E-state index in [9.17, 15) is 9.59 Å². The molecule has 2 amide bonds. The number of rotatable bonds is 7. The van der Waals surface area contributed by atoms with Gasteiger partial charge in [-0.25, -0.2) is 0 Å². The summed E-state index contributed by atoms with van der Waals surface area (Å²) < 4.78 is 16.1. The van der Waals surface area contributed by atoms with Crippen molar-refractivity contribution in [3.8, 4) is 0 Å². The molecule has 1 fully saturated rings. The quantitative estimate of drug-likeness (QED) is 0.783. The average molecular weight is 339 g/mol. The average Bonchev–Trinajstić information content (AvgIpc) is 3.02. The van der Waals surface area contributed by atoms with Gasteiger partial charge in [0.05, 0.1) is 12.6 Å². The molecular formula is C16H25N3O5. The summed E-state index contributed by atoms with van der Waals surface area (Å²) in [6.07, 6.45) is 1.92. The van der Waals surface area contributed by atoms with Gasteiger partial charge in [0.1, 0.15) is 18.5 Å². The number of carbonyl (C=O) groups is 2. The molecule has 8 heteroatoms. The van der Waals surface area contributed by atoms with Crippen LogP contribution >= 0.6 is 0 Å². The minimum atomic E-state index is -0.367. The molecule has 1 saturated heterocycles. The second-order valence-corrected chi connectivity index (χ2v) is 6.01. The molecule has 24 heavy (non-hydrogen) atoms. The fourth-order valence-electron chi connectivity index (χ4n) is 2.38. The van der Waals surface area contributed by atoms with E-state index >= 15 is 0 Å². The SMILES string of the molecule is CCCc1cc(C(=O)N[C@H]2CCOC[C@@H]2OCC(=O)N(C)C)no1. The van der Waals surface area contributed by atoms with Crippen molar-refractivity contribution in [3.05, 3.63) is 17.5 Å². The minimum Gasteiger partial charge on any atom is -0.379 e. The van der Waals surface area contributed by atoms with Crippen molar-refractivity contribution in [2.75, 3.05) is 33.9 Å². The third kappa shape index (κ3) is 5.04. The van der Waals surface area contributed by atoms with Gasteiger partial charge >= 0.3 is 0 Å². The van der Waals surface area contributed by atoms with Gasteiger partial charge in [0.25, 0.3) is 5.91 Å². The van der Waals surface area contributed by atoms with Crippen LogP contribution in [0.3, 0.4) is 0 Å². The van der Waals surface area contributed by atoms with E-state index in [0.29, 0.717) is 25.4 Å². The maximum atomic E-state index is 12.3. The molecule has 2 atom stereocenters. The van der Waals surface area contributed by atoms with Gasteiger partial charge < -0.3 is 24.2 Å². The normalized spacial score (nSPS) is 20.6. The Morgan fingerprint density at radius 2 is 2.25 bits per heavy atom. The highest BCUT2D eigenvalue weighted by Crippen LogP contribution is 2.13. The zero-order chi connectivity index (χ0) is 17.5. The first kappa shape index (κ1) is 18.4. The second kappa shape index (κ2) is 8.79. The molecule has 0 aliphatic carbocycles. The molecule has 0 spiro atoms. The number of hydrogen-bond acceptors (Lipinski definition) is 6. The van der Waals surface area contributed by atoms with Crippen LogP contribution in [0, 0.1) is 0 Å². The Hall–Kier alpha value is -1.93. The maximum absolute atomic E-state index is 12.3. The summed E-state index contributed by atoms with van der Waals surface area (Å²) >= 11 is 0. The summed E-state index contributed by atoms with van der Waals surface area (Å²) in [5, 5.41) is 6.71. The van der Waals surface area contributed by atoms with Crippen LogP contribution in [-0.4, -0.2) is 67.9 Å². The number of carbonyl (C=O) groups excluding carboxylic acids is 2. The molecule has 8 nitrogen and oxygen atoms in total. The zero-order valence-electron chi connectivity index (χ0n) is 14.4. The number of ether oxygens (including phenoxy) is 2. The van der Waals surface area contributed by atoms with E-state index in [-0.39, 0.29) is 36.3 Å². The van der Waals surface area contributed by atoms with E-state index in [2.05, 4.69) is 10.5 Å². The number of aromatic nitrogens is 1. The molecule has 1 N–H and O–H groups in total. The van der Waals surface area contributed by atoms with Gasteiger partial charge in [0.15, 0.2) is 5.69 Å². The summed E-state index contributed by atoms with van der Waals surface area (Å²) in [7, 11) is 3.33. The Balaban J connectivity index is 1.91. The molecule has 1 aliphatic heterocycles. The first-order valence-corrected chi connectivity index (χ1v) is 8.17. The topological polar surface area (TPSA) is 93.9 Å². The fraction of sp³-hybridized carbons (Fsp3) is 0.688. The van der Waals surface area contributed by atoms with Gasteiger partial charge in [-0.05, 0) is 12.8 Å². The Kier molecular flexibility index (Phi) is 6.74. The van der Waals surface area contributed by atoms with Gasteiger partial charge in [0, 0.05) is 33.2 Å². The van der Waals surface area contributed by atoms with E-state index < -0.39 is 0 Å².